The number of fused-ring (bicyclic) bond motifs is 1. The number of piperazine rings is 1. The first-order valence-electron chi connectivity index (χ1n) is 11.6. The Kier molecular flexibility index (Phi) is 6.00. The molecule has 33 heavy (non-hydrogen) atoms. The molecule has 1 saturated carbocycles. The van der Waals surface area contributed by atoms with Crippen molar-refractivity contribution in [2.75, 3.05) is 36.4 Å². The summed E-state index contributed by atoms with van der Waals surface area (Å²) in [5.41, 5.74) is 2.44. The lowest BCUT2D eigenvalue weighted by Gasteiger charge is -2.37. The average Bonchev–Trinajstić information content (AvgIpc) is 3.25. The predicted molar refractivity (Wildman–Crippen MR) is 126 cm³/mol. The van der Waals surface area contributed by atoms with Crippen molar-refractivity contribution in [2.45, 2.75) is 44.3 Å². The van der Waals surface area contributed by atoms with E-state index in [-0.39, 0.29) is 0 Å². The maximum Gasteiger partial charge on any atom is 0.416 e. The highest BCUT2D eigenvalue weighted by Gasteiger charge is 2.30. The summed E-state index contributed by atoms with van der Waals surface area (Å²) in [4.78, 5) is 14.3. The van der Waals surface area contributed by atoms with Crippen LogP contribution in [0.4, 0.5) is 24.5 Å². The predicted octanol–water partition coefficient (Wildman–Crippen LogP) is 5.19. The fraction of sp³-hybridized carbons (Fsp3) is 0.440. The first-order chi connectivity index (χ1) is 16.0. The van der Waals surface area contributed by atoms with Gasteiger partial charge in [0.1, 0.15) is 5.84 Å². The van der Waals surface area contributed by atoms with E-state index in [0.29, 0.717) is 25.6 Å². The molecule has 0 unspecified atom stereocenters. The van der Waals surface area contributed by atoms with E-state index < -0.39 is 11.7 Å². The second-order valence-corrected chi connectivity index (χ2v) is 8.90. The molecule has 0 aromatic heterocycles. The number of aliphatic imine (C=N–C) groups is 2. The maximum absolute atomic E-state index is 12.9. The summed E-state index contributed by atoms with van der Waals surface area (Å²) in [6, 6.07) is 14.0. The van der Waals surface area contributed by atoms with Gasteiger partial charge in [-0.1, -0.05) is 31.0 Å². The topological polar surface area (TPSA) is 43.2 Å². The lowest BCUT2D eigenvalue weighted by atomic mass is 10.1. The van der Waals surface area contributed by atoms with Gasteiger partial charge < -0.3 is 15.1 Å². The van der Waals surface area contributed by atoms with Crippen LogP contribution in [0.1, 0.15) is 36.8 Å². The number of benzene rings is 2. The molecule has 2 aromatic carbocycles. The highest BCUT2D eigenvalue weighted by molar-refractivity contribution is 6.06. The molecule has 3 aliphatic rings. The van der Waals surface area contributed by atoms with Crippen LogP contribution in [0.2, 0.25) is 0 Å². The Labute approximate surface area is 192 Å². The number of amidine groups is 1. The third kappa shape index (κ3) is 4.99. The first kappa shape index (κ1) is 21.8. The molecule has 0 bridgehead atoms. The van der Waals surface area contributed by atoms with Crippen molar-refractivity contribution in [3.05, 3.63) is 59.7 Å². The first-order valence-corrected chi connectivity index (χ1v) is 11.6. The SMILES string of the molecule is FC(F)(F)c1ccc(N2CCN(C3=NC(=NC4CCCC4)Cc4ccccc4N3)CC2)cc1. The van der Waals surface area contributed by atoms with Crippen LogP contribution < -0.4 is 10.2 Å². The van der Waals surface area contributed by atoms with E-state index in [1.807, 2.05) is 12.1 Å². The van der Waals surface area contributed by atoms with Crippen LogP contribution in [0.25, 0.3) is 0 Å². The van der Waals surface area contributed by atoms with Gasteiger partial charge in [0.15, 0.2) is 0 Å². The van der Waals surface area contributed by atoms with Gasteiger partial charge in [-0.25, -0.2) is 0 Å². The Morgan fingerprint density at radius 1 is 0.879 bits per heavy atom. The third-order valence-electron chi connectivity index (χ3n) is 6.64. The Balaban J connectivity index is 1.31. The van der Waals surface area contributed by atoms with Gasteiger partial charge in [-0.3, -0.25) is 4.99 Å². The Hall–Kier alpha value is -3.03. The molecule has 1 N–H and O–H groups in total. The van der Waals surface area contributed by atoms with Crippen molar-refractivity contribution in [2.24, 2.45) is 9.98 Å². The highest BCUT2D eigenvalue weighted by Crippen LogP contribution is 2.31. The number of anilines is 2. The number of alkyl halides is 3. The minimum absolute atomic E-state index is 0.367. The van der Waals surface area contributed by atoms with Crippen LogP contribution >= 0.6 is 0 Å². The standard InChI is InChI=1S/C25H28F3N5/c26-25(27,28)19-9-11-21(12-10-19)32-13-15-33(16-14-32)24-30-22-8-4-1-5-18(22)17-23(31-24)29-20-6-2-3-7-20/h1,4-5,8-12,20H,2-3,6-7,13-17H2,(H,29,30,31). The van der Waals surface area contributed by atoms with Crippen molar-refractivity contribution in [1.82, 2.24) is 4.90 Å². The fourth-order valence-electron chi connectivity index (χ4n) is 4.78. The van der Waals surface area contributed by atoms with Crippen molar-refractivity contribution in [3.8, 4) is 0 Å². The van der Waals surface area contributed by atoms with E-state index >= 15 is 0 Å². The van der Waals surface area contributed by atoms with Crippen molar-refractivity contribution >= 4 is 23.2 Å². The van der Waals surface area contributed by atoms with Gasteiger partial charge in [-0.2, -0.15) is 18.2 Å². The summed E-state index contributed by atoms with van der Waals surface area (Å²) < 4.78 is 38.6. The van der Waals surface area contributed by atoms with Crippen LogP contribution in [0, 0.1) is 0 Å². The molecule has 174 valence electrons. The van der Waals surface area contributed by atoms with Crippen molar-refractivity contribution < 1.29 is 13.2 Å². The number of halogens is 3. The molecule has 1 saturated heterocycles. The lowest BCUT2D eigenvalue weighted by Crippen LogP contribution is -2.50. The molecular weight excluding hydrogens is 427 g/mol. The minimum Gasteiger partial charge on any atom is -0.368 e. The minimum atomic E-state index is -4.31. The molecule has 2 aromatic rings. The quantitative estimate of drug-likeness (QED) is 0.678. The van der Waals surface area contributed by atoms with E-state index in [9.17, 15) is 13.2 Å². The van der Waals surface area contributed by atoms with Crippen molar-refractivity contribution in [3.63, 3.8) is 0 Å². The van der Waals surface area contributed by atoms with Gasteiger partial charge in [0, 0.05) is 44.0 Å². The van der Waals surface area contributed by atoms with Gasteiger partial charge in [0.05, 0.1) is 11.6 Å². The lowest BCUT2D eigenvalue weighted by molar-refractivity contribution is -0.137. The van der Waals surface area contributed by atoms with E-state index in [2.05, 4.69) is 27.2 Å². The van der Waals surface area contributed by atoms with Gasteiger partial charge >= 0.3 is 6.18 Å². The number of rotatable bonds is 2. The van der Waals surface area contributed by atoms with E-state index in [1.165, 1.54) is 18.4 Å². The molecular formula is C25H28F3N5. The summed E-state index contributed by atoms with van der Waals surface area (Å²) in [5, 5.41) is 3.51. The van der Waals surface area contributed by atoms with E-state index in [1.54, 1.807) is 12.1 Å². The summed E-state index contributed by atoms with van der Waals surface area (Å²) in [5.74, 6) is 1.68. The fourth-order valence-corrected chi connectivity index (χ4v) is 4.78. The second-order valence-electron chi connectivity index (χ2n) is 8.90. The summed E-state index contributed by atoms with van der Waals surface area (Å²) in [7, 11) is 0. The summed E-state index contributed by atoms with van der Waals surface area (Å²) in [6.45, 7) is 2.88. The number of nitrogens with zero attached hydrogens (tertiary/aromatic N) is 4. The van der Waals surface area contributed by atoms with Gasteiger partial charge in [0.2, 0.25) is 5.96 Å². The summed E-state index contributed by atoms with van der Waals surface area (Å²) >= 11 is 0. The normalized spacial score (nSPS) is 20.9. The molecule has 5 rings (SSSR count). The molecule has 5 nitrogen and oxygen atoms in total. The van der Waals surface area contributed by atoms with E-state index in [4.69, 9.17) is 9.98 Å². The van der Waals surface area contributed by atoms with Crippen LogP contribution in [0.15, 0.2) is 58.5 Å². The Morgan fingerprint density at radius 2 is 1.55 bits per heavy atom. The number of hydrogen-bond donors (Lipinski definition) is 1. The monoisotopic (exact) mass is 455 g/mol. The smallest absolute Gasteiger partial charge is 0.368 e. The third-order valence-corrected chi connectivity index (χ3v) is 6.64. The molecule has 0 spiro atoms. The zero-order chi connectivity index (χ0) is 22.8. The molecule has 1 aliphatic carbocycles. The zero-order valence-electron chi connectivity index (χ0n) is 18.5. The average molecular weight is 456 g/mol. The summed E-state index contributed by atoms with van der Waals surface area (Å²) in [6.07, 6.45) is 1.14. The molecule has 8 heteroatoms. The molecule has 2 heterocycles. The van der Waals surface area contributed by atoms with Gasteiger partial charge in [0.25, 0.3) is 0 Å². The van der Waals surface area contributed by atoms with Crippen LogP contribution in [-0.2, 0) is 12.6 Å². The molecule has 0 amide bonds. The van der Waals surface area contributed by atoms with Crippen LogP contribution in [-0.4, -0.2) is 48.9 Å². The molecule has 0 radical (unpaired) electrons. The number of hydrogen-bond acceptors (Lipinski definition) is 4. The number of para-hydroxylation sites is 1. The van der Waals surface area contributed by atoms with E-state index in [0.717, 1.165) is 61.2 Å². The highest BCUT2D eigenvalue weighted by atomic mass is 19.4. The largest absolute Gasteiger partial charge is 0.416 e. The van der Waals surface area contributed by atoms with Gasteiger partial charge in [-0.05, 0) is 48.7 Å². The second kappa shape index (κ2) is 9.08. The number of nitrogens with one attached hydrogen (secondary N) is 1. The Bertz CT molecular complexity index is 1030. The van der Waals surface area contributed by atoms with Crippen LogP contribution in [0.5, 0.6) is 0 Å². The Morgan fingerprint density at radius 3 is 2.24 bits per heavy atom. The molecule has 2 fully saturated rings. The van der Waals surface area contributed by atoms with Crippen molar-refractivity contribution in [1.29, 1.82) is 0 Å². The molecule has 0 atom stereocenters. The maximum atomic E-state index is 12.9. The number of guanidine groups is 1. The zero-order valence-corrected chi connectivity index (χ0v) is 18.5. The molecule has 2 aliphatic heterocycles. The van der Waals surface area contributed by atoms with Crippen LogP contribution in [0.3, 0.4) is 0 Å². The van der Waals surface area contributed by atoms with Gasteiger partial charge in [-0.15, -0.1) is 0 Å².